The van der Waals surface area contributed by atoms with Crippen molar-refractivity contribution in [2.24, 2.45) is 0 Å². The molecule has 0 spiro atoms. The summed E-state index contributed by atoms with van der Waals surface area (Å²) >= 11 is 5.84. The monoisotopic (exact) mass is 320 g/mol. The molecule has 2 rings (SSSR count). The molecule has 1 amide bonds. The standard InChI is InChI=1S/C15H13ClN2O4/c1-10(22-14-7-2-4-11(16)8-14)15(19)17-12-5-3-6-13(9-12)18(20)21/h2-10H,1H3,(H,17,19)/t10-/m1/s1. The van der Waals surface area contributed by atoms with Gasteiger partial charge in [-0.3, -0.25) is 14.9 Å². The van der Waals surface area contributed by atoms with Crippen molar-refractivity contribution < 1.29 is 14.5 Å². The molecule has 2 aromatic rings. The highest BCUT2D eigenvalue weighted by Crippen LogP contribution is 2.20. The molecule has 0 heterocycles. The second-order valence-corrected chi connectivity index (χ2v) is 4.95. The first-order valence-corrected chi connectivity index (χ1v) is 6.81. The minimum absolute atomic E-state index is 0.0961. The highest BCUT2D eigenvalue weighted by Gasteiger charge is 2.16. The highest BCUT2D eigenvalue weighted by molar-refractivity contribution is 6.30. The molecule has 0 aliphatic rings. The molecular weight excluding hydrogens is 308 g/mol. The fourth-order valence-electron chi connectivity index (χ4n) is 1.74. The van der Waals surface area contributed by atoms with Gasteiger partial charge in [0.05, 0.1) is 4.92 Å². The molecule has 1 N–H and O–H groups in total. The van der Waals surface area contributed by atoms with Crippen molar-refractivity contribution in [3.8, 4) is 5.75 Å². The Morgan fingerprint density at radius 3 is 2.68 bits per heavy atom. The van der Waals surface area contributed by atoms with E-state index in [0.717, 1.165) is 0 Å². The van der Waals surface area contributed by atoms with E-state index in [0.29, 0.717) is 16.5 Å². The average molecular weight is 321 g/mol. The van der Waals surface area contributed by atoms with Crippen LogP contribution in [0.4, 0.5) is 11.4 Å². The molecule has 0 unspecified atom stereocenters. The van der Waals surface area contributed by atoms with Gasteiger partial charge in [0, 0.05) is 22.8 Å². The van der Waals surface area contributed by atoms with E-state index < -0.39 is 16.9 Å². The zero-order valence-electron chi connectivity index (χ0n) is 11.7. The van der Waals surface area contributed by atoms with Gasteiger partial charge in [-0.15, -0.1) is 0 Å². The number of ether oxygens (including phenoxy) is 1. The Balaban J connectivity index is 2.02. The summed E-state index contributed by atoms with van der Waals surface area (Å²) in [4.78, 5) is 22.2. The number of nitro groups is 1. The third kappa shape index (κ3) is 4.20. The second kappa shape index (κ2) is 6.91. The molecule has 7 heteroatoms. The van der Waals surface area contributed by atoms with Crippen LogP contribution >= 0.6 is 11.6 Å². The third-order valence-corrected chi connectivity index (χ3v) is 3.04. The van der Waals surface area contributed by atoms with E-state index in [1.807, 2.05) is 0 Å². The Morgan fingerprint density at radius 2 is 2.00 bits per heavy atom. The highest BCUT2D eigenvalue weighted by atomic mass is 35.5. The summed E-state index contributed by atoms with van der Waals surface area (Å²) < 4.78 is 5.48. The number of amides is 1. The van der Waals surface area contributed by atoms with E-state index in [-0.39, 0.29) is 5.69 Å². The van der Waals surface area contributed by atoms with Gasteiger partial charge in [0.1, 0.15) is 5.75 Å². The Hall–Kier alpha value is -2.60. The maximum atomic E-state index is 12.0. The summed E-state index contributed by atoms with van der Waals surface area (Å²) in [5, 5.41) is 13.8. The van der Waals surface area contributed by atoms with Gasteiger partial charge >= 0.3 is 0 Å². The molecule has 114 valence electrons. The first-order valence-electron chi connectivity index (χ1n) is 6.43. The van der Waals surface area contributed by atoms with E-state index in [1.165, 1.54) is 18.2 Å². The Labute approximate surface area is 131 Å². The van der Waals surface area contributed by atoms with Crippen LogP contribution in [0.25, 0.3) is 0 Å². The lowest BCUT2D eigenvalue weighted by Crippen LogP contribution is -2.30. The van der Waals surface area contributed by atoms with Crippen molar-refractivity contribution >= 4 is 28.9 Å². The Morgan fingerprint density at radius 1 is 1.27 bits per heavy atom. The van der Waals surface area contributed by atoms with Crippen LogP contribution in [0.15, 0.2) is 48.5 Å². The first-order chi connectivity index (χ1) is 10.5. The number of rotatable bonds is 5. The van der Waals surface area contributed by atoms with Crippen molar-refractivity contribution in [2.75, 3.05) is 5.32 Å². The predicted octanol–water partition coefficient (Wildman–Crippen LogP) is 3.65. The van der Waals surface area contributed by atoms with Gasteiger partial charge in [0.25, 0.3) is 11.6 Å². The van der Waals surface area contributed by atoms with E-state index in [1.54, 1.807) is 37.3 Å². The predicted molar refractivity (Wildman–Crippen MR) is 83.3 cm³/mol. The lowest BCUT2D eigenvalue weighted by molar-refractivity contribution is -0.384. The van der Waals surface area contributed by atoms with Gasteiger partial charge in [-0.1, -0.05) is 23.7 Å². The van der Waals surface area contributed by atoms with Crippen LogP contribution in [-0.4, -0.2) is 16.9 Å². The SMILES string of the molecule is C[C@@H](Oc1cccc(Cl)c1)C(=O)Nc1cccc([N+](=O)[O-])c1. The van der Waals surface area contributed by atoms with Gasteiger partial charge in [-0.05, 0) is 31.2 Å². The first kappa shape index (κ1) is 15.8. The van der Waals surface area contributed by atoms with Crippen molar-refractivity contribution in [1.82, 2.24) is 0 Å². The number of hydrogen-bond acceptors (Lipinski definition) is 4. The van der Waals surface area contributed by atoms with Crippen LogP contribution in [0.3, 0.4) is 0 Å². The minimum atomic E-state index is -0.780. The number of non-ortho nitro benzene ring substituents is 1. The summed E-state index contributed by atoms with van der Waals surface area (Å²) in [5.41, 5.74) is 0.238. The number of anilines is 1. The van der Waals surface area contributed by atoms with Crippen molar-refractivity contribution in [1.29, 1.82) is 0 Å². The van der Waals surface area contributed by atoms with E-state index in [9.17, 15) is 14.9 Å². The molecule has 0 saturated heterocycles. The topological polar surface area (TPSA) is 81.5 Å². The zero-order valence-corrected chi connectivity index (χ0v) is 12.4. The number of halogens is 1. The molecule has 0 radical (unpaired) electrons. The second-order valence-electron chi connectivity index (χ2n) is 4.51. The fourth-order valence-corrected chi connectivity index (χ4v) is 1.92. The minimum Gasteiger partial charge on any atom is -0.481 e. The lowest BCUT2D eigenvalue weighted by Gasteiger charge is -2.14. The van der Waals surface area contributed by atoms with Crippen LogP contribution < -0.4 is 10.1 Å². The molecule has 0 saturated carbocycles. The zero-order chi connectivity index (χ0) is 16.1. The number of nitrogens with zero attached hydrogens (tertiary/aromatic N) is 1. The average Bonchev–Trinajstić information content (AvgIpc) is 2.47. The third-order valence-electron chi connectivity index (χ3n) is 2.80. The van der Waals surface area contributed by atoms with Crippen LogP contribution in [0.2, 0.25) is 5.02 Å². The summed E-state index contributed by atoms with van der Waals surface area (Å²) in [7, 11) is 0. The van der Waals surface area contributed by atoms with Crippen LogP contribution in [0.5, 0.6) is 5.75 Å². The summed E-state index contributed by atoms with van der Waals surface area (Å²) in [6.07, 6.45) is -0.780. The van der Waals surface area contributed by atoms with Gasteiger partial charge < -0.3 is 10.1 Å². The fraction of sp³-hybridized carbons (Fsp3) is 0.133. The van der Waals surface area contributed by atoms with Gasteiger partial charge in [0.15, 0.2) is 6.10 Å². The van der Waals surface area contributed by atoms with Gasteiger partial charge in [-0.2, -0.15) is 0 Å². The van der Waals surface area contributed by atoms with E-state index >= 15 is 0 Å². The molecule has 0 aromatic heterocycles. The quantitative estimate of drug-likeness (QED) is 0.673. The number of hydrogen-bond donors (Lipinski definition) is 1. The number of nitro benzene ring substituents is 1. The molecule has 22 heavy (non-hydrogen) atoms. The summed E-state index contributed by atoms with van der Waals surface area (Å²) in [6, 6.07) is 12.4. The number of carbonyl (C=O) groups is 1. The van der Waals surface area contributed by atoms with Crippen LogP contribution in [-0.2, 0) is 4.79 Å². The molecule has 1 atom stereocenters. The summed E-state index contributed by atoms with van der Waals surface area (Å²) in [6.45, 7) is 1.58. The summed E-state index contributed by atoms with van der Waals surface area (Å²) in [5.74, 6) is 0.0506. The number of benzene rings is 2. The van der Waals surface area contributed by atoms with E-state index in [2.05, 4.69) is 5.32 Å². The Bertz CT molecular complexity index is 705. The molecular formula is C15H13ClN2O4. The molecule has 0 aliphatic carbocycles. The largest absolute Gasteiger partial charge is 0.481 e. The Kier molecular flexibility index (Phi) is 4.95. The number of nitrogens with one attached hydrogen (secondary N) is 1. The maximum absolute atomic E-state index is 12.0. The van der Waals surface area contributed by atoms with Crippen molar-refractivity contribution in [3.05, 3.63) is 63.7 Å². The number of carbonyl (C=O) groups excluding carboxylic acids is 1. The molecule has 2 aromatic carbocycles. The normalized spacial score (nSPS) is 11.5. The van der Waals surface area contributed by atoms with Gasteiger partial charge in [-0.25, -0.2) is 0 Å². The van der Waals surface area contributed by atoms with E-state index in [4.69, 9.17) is 16.3 Å². The molecule has 0 aliphatic heterocycles. The molecule has 0 bridgehead atoms. The van der Waals surface area contributed by atoms with Crippen LogP contribution in [0, 0.1) is 10.1 Å². The molecule has 6 nitrogen and oxygen atoms in total. The molecule has 0 fully saturated rings. The smallest absolute Gasteiger partial charge is 0.271 e. The van der Waals surface area contributed by atoms with Crippen molar-refractivity contribution in [3.63, 3.8) is 0 Å². The van der Waals surface area contributed by atoms with Crippen LogP contribution in [0.1, 0.15) is 6.92 Å². The lowest BCUT2D eigenvalue weighted by atomic mass is 10.2. The van der Waals surface area contributed by atoms with Crippen molar-refractivity contribution in [2.45, 2.75) is 13.0 Å². The maximum Gasteiger partial charge on any atom is 0.271 e. The van der Waals surface area contributed by atoms with Gasteiger partial charge in [0.2, 0.25) is 0 Å².